The molecule has 0 fully saturated rings. The van der Waals surface area contributed by atoms with Gasteiger partial charge in [-0.1, -0.05) is 0 Å². The quantitative estimate of drug-likeness (QED) is 0.438. The predicted octanol–water partition coefficient (Wildman–Crippen LogP) is -1.40. The Morgan fingerprint density at radius 2 is 2.27 bits per heavy atom. The molecule has 11 heavy (non-hydrogen) atoms. The van der Waals surface area contributed by atoms with Crippen molar-refractivity contribution in [3.63, 3.8) is 0 Å². The van der Waals surface area contributed by atoms with Crippen molar-refractivity contribution in [2.24, 2.45) is 0 Å². The van der Waals surface area contributed by atoms with Crippen LogP contribution in [0.25, 0.3) is 0 Å². The molecule has 0 bridgehead atoms. The van der Waals surface area contributed by atoms with Gasteiger partial charge < -0.3 is 15.3 Å². The van der Waals surface area contributed by atoms with Gasteiger partial charge in [0, 0.05) is 0 Å². The first kappa shape index (κ1) is 8.39. The SMILES string of the molecule is C[C@@H](O)[C@]1(O)C=CC(=O)[C@@H]1O. The Labute approximate surface area is 63.8 Å². The fraction of sp³-hybridized carbons (Fsp3) is 0.571. The molecule has 1 aliphatic carbocycles. The monoisotopic (exact) mass is 158 g/mol. The van der Waals surface area contributed by atoms with E-state index >= 15 is 0 Å². The fourth-order valence-corrected chi connectivity index (χ4v) is 0.994. The second-order valence-corrected chi connectivity index (χ2v) is 2.70. The maximum absolute atomic E-state index is 10.7. The molecule has 0 saturated heterocycles. The largest absolute Gasteiger partial charge is 0.390 e. The number of rotatable bonds is 1. The Morgan fingerprint density at radius 3 is 2.45 bits per heavy atom. The van der Waals surface area contributed by atoms with Gasteiger partial charge in [-0.3, -0.25) is 4.79 Å². The lowest BCUT2D eigenvalue weighted by atomic mass is 9.94. The van der Waals surface area contributed by atoms with E-state index in [1.165, 1.54) is 6.92 Å². The van der Waals surface area contributed by atoms with Gasteiger partial charge >= 0.3 is 0 Å². The average molecular weight is 158 g/mol. The van der Waals surface area contributed by atoms with Gasteiger partial charge in [0.15, 0.2) is 11.9 Å². The van der Waals surface area contributed by atoms with Crippen molar-refractivity contribution < 1.29 is 20.1 Å². The Hall–Kier alpha value is -0.710. The van der Waals surface area contributed by atoms with Crippen LogP contribution in [0, 0.1) is 0 Å². The normalized spacial score (nSPS) is 39.6. The highest BCUT2D eigenvalue weighted by Crippen LogP contribution is 2.24. The zero-order chi connectivity index (χ0) is 8.65. The third-order valence-corrected chi connectivity index (χ3v) is 1.89. The summed E-state index contributed by atoms with van der Waals surface area (Å²) in [5.41, 5.74) is -1.79. The summed E-state index contributed by atoms with van der Waals surface area (Å²) in [6.07, 6.45) is -0.495. The van der Waals surface area contributed by atoms with Gasteiger partial charge in [-0.05, 0) is 19.1 Å². The third-order valence-electron chi connectivity index (χ3n) is 1.89. The van der Waals surface area contributed by atoms with Crippen LogP contribution in [-0.4, -0.2) is 38.9 Å². The number of carbonyl (C=O) groups is 1. The standard InChI is InChI=1S/C7H10O4/c1-4(8)7(11)3-2-5(9)6(7)10/h2-4,6,8,10-11H,1H3/t4-,6+,7-/m1/s1. The lowest BCUT2D eigenvalue weighted by Crippen LogP contribution is -2.49. The second-order valence-electron chi connectivity index (χ2n) is 2.70. The number of aliphatic hydroxyl groups is 3. The molecule has 0 aromatic rings. The second kappa shape index (κ2) is 2.41. The lowest BCUT2D eigenvalue weighted by Gasteiger charge is -2.26. The molecule has 0 saturated carbocycles. The summed E-state index contributed by atoms with van der Waals surface area (Å²) in [5, 5.41) is 27.5. The number of aliphatic hydroxyl groups excluding tert-OH is 2. The lowest BCUT2D eigenvalue weighted by molar-refractivity contribution is -0.140. The Balaban J connectivity index is 2.90. The smallest absolute Gasteiger partial charge is 0.187 e. The van der Waals surface area contributed by atoms with E-state index in [9.17, 15) is 9.90 Å². The summed E-state index contributed by atoms with van der Waals surface area (Å²) in [4.78, 5) is 10.7. The van der Waals surface area contributed by atoms with Crippen molar-refractivity contribution in [2.75, 3.05) is 0 Å². The molecule has 0 radical (unpaired) electrons. The van der Waals surface area contributed by atoms with Crippen LogP contribution in [-0.2, 0) is 4.79 Å². The zero-order valence-corrected chi connectivity index (χ0v) is 6.06. The van der Waals surface area contributed by atoms with Crippen LogP contribution in [0.15, 0.2) is 12.2 Å². The van der Waals surface area contributed by atoms with Crippen molar-refractivity contribution in [3.05, 3.63) is 12.2 Å². The van der Waals surface area contributed by atoms with Gasteiger partial charge in [0.05, 0.1) is 6.10 Å². The van der Waals surface area contributed by atoms with Crippen molar-refractivity contribution in [3.8, 4) is 0 Å². The summed E-state index contributed by atoms with van der Waals surface area (Å²) in [5.74, 6) is -0.576. The van der Waals surface area contributed by atoms with Gasteiger partial charge in [0.2, 0.25) is 0 Å². The first-order chi connectivity index (χ1) is 4.98. The summed E-state index contributed by atoms with van der Waals surface area (Å²) in [7, 11) is 0. The summed E-state index contributed by atoms with van der Waals surface area (Å²) in [6, 6.07) is 0. The Morgan fingerprint density at radius 1 is 1.73 bits per heavy atom. The first-order valence-corrected chi connectivity index (χ1v) is 3.30. The minimum absolute atomic E-state index is 0.576. The molecule has 1 rings (SSSR count). The van der Waals surface area contributed by atoms with Gasteiger partial charge in [-0.25, -0.2) is 0 Å². The topological polar surface area (TPSA) is 77.8 Å². The molecule has 4 nitrogen and oxygen atoms in total. The number of hydrogen-bond acceptors (Lipinski definition) is 4. The highest BCUT2D eigenvalue weighted by molar-refractivity contribution is 5.97. The van der Waals surface area contributed by atoms with Crippen LogP contribution in [0.5, 0.6) is 0 Å². The molecule has 4 heteroatoms. The van der Waals surface area contributed by atoms with Crippen LogP contribution in [0.2, 0.25) is 0 Å². The van der Waals surface area contributed by atoms with Gasteiger partial charge in [0.25, 0.3) is 0 Å². The maximum atomic E-state index is 10.7. The molecule has 1 aliphatic rings. The van der Waals surface area contributed by atoms with Crippen LogP contribution < -0.4 is 0 Å². The summed E-state index contributed by atoms with van der Waals surface area (Å²) in [6.45, 7) is 1.31. The fourth-order valence-electron chi connectivity index (χ4n) is 0.994. The third kappa shape index (κ3) is 1.09. The molecule has 3 N–H and O–H groups in total. The highest BCUT2D eigenvalue weighted by atomic mass is 16.4. The molecule has 0 aliphatic heterocycles. The maximum Gasteiger partial charge on any atom is 0.187 e. The van der Waals surface area contributed by atoms with E-state index in [2.05, 4.69) is 0 Å². The van der Waals surface area contributed by atoms with E-state index in [0.29, 0.717) is 0 Å². The zero-order valence-electron chi connectivity index (χ0n) is 6.06. The van der Waals surface area contributed by atoms with E-state index in [1.54, 1.807) is 0 Å². The average Bonchev–Trinajstić information content (AvgIpc) is 2.18. The minimum Gasteiger partial charge on any atom is -0.390 e. The van der Waals surface area contributed by atoms with E-state index in [0.717, 1.165) is 12.2 Å². The molecule has 0 aromatic carbocycles. The predicted molar refractivity (Wildman–Crippen MR) is 36.8 cm³/mol. The van der Waals surface area contributed by atoms with Gasteiger partial charge in [-0.2, -0.15) is 0 Å². The van der Waals surface area contributed by atoms with E-state index < -0.39 is 23.6 Å². The van der Waals surface area contributed by atoms with Gasteiger partial charge in [-0.15, -0.1) is 0 Å². The summed E-state index contributed by atoms with van der Waals surface area (Å²) >= 11 is 0. The number of ketones is 1. The molecule has 0 unspecified atom stereocenters. The highest BCUT2D eigenvalue weighted by Gasteiger charge is 2.45. The number of hydrogen-bond donors (Lipinski definition) is 3. The van der Waals surface area contributed by atoms with E-state index in [1.807, 2.05) is 0 Å². The molecular formula is C7H10O4. The molecule has 0 aromatic heterocycles. The summed E-state index contributed by atoms with van der Waals surface area (Å²) < 4.78 is 0. The van der Waals surface area contributed by atoms with Crippen LogP contribution in [0.4, 0.5) is 0 Å². The molecule has 3 atom stereocenters. The van der Waals surface area contributed by atoms with Crippen molar-refractivity contribution in [1.82, 2.24) is 0 Å². The van der Waals surface area contributed by atoms with Crippen molar-refractivity contribution >= 4 is 5.78 Å². The van der Waals surface area contributed by atoms with Crippen molar-refractivity contribution in [2.45, 2.75) is 24.7 Å². The van der Waals surface area contributed by atoms with Gasteiger partial charge in [0.1, 0.15) is 5.60 Å². The van der Waals surface area contributed by atoms with Crippen LogP contribution >= 0.6 is 0 Å². The molecular weight excluding hydrogens is 148 g/mol. The molecule has 62 valence electrons. The molecule has 0 amide bonds. The van der Waals surface area contributed by atoms with E-state index in [-0.39, 0.29) is 0 Å². The molecule has 0 heterocycles. The van der Waals surface area contributed by atoms with Crippen LogP contribution in [0.1, 0.15) is 6.92 Å². The first-order valence-electron chi connectivity index (χ1n) is 3.30. The van der Waals surface area contributed by atoms with E-state index in [4.69, 9.17) is 10.2 Å². The number of carbonyl (C=O) groups excluding carboxylic acids is 1. The Kier molecular flexibility index (Phi) is 1.83. The van der Waals surface area contributed by atoms with Crippen molar-refractivity contribution in [1.29, 1.82) is 0 Å². The molecule has 0 spiro atoms. The minimum atomic E-state index is -1.79. The van der Waals surface area contributed by atoms with Crippen LogP contribution in [0.3, 0.4) is 0 Å². The Bertz CT molecular complexity index is 208.